The summed E-state index contributed by atoms with van der Waals surface area (Å²) in [6.07, 6.45) is 2.28. The average Bonchev–Trinajstić information content (AvgIpc) is 2.88. The minimum absolute atomic E-state index is 0.363. The van der Waals surface area contributed by atoms with Gasteiger partial charge in [-0.05, 0) is 37.6 Å². The molecule has 4 nitrogen and oxygen atoms in total. The summed E-state index contributed by atoms with van der Waals surface area (Å²) in [7, 11) is 0. The molecule has 0 amide bonds. The summed E-state index contributed by atoms with van der Waals surface area (Å²) in [6, 6.07) is 5.92. The number of piperidine rings is 1. The summed E-state index contributed by atoms with van der Waals surface area (Å²) in [5, 5.41) is 7.48. The fourth-order valence-electron chi connectivity index (χ4n) is 2.27. The monoisotopic (exact) mass is 385 g/mol. The van der Waals surface area contributed by atoms with Gasteiger partial charge in [0, 0.05) is 27.0 Å². The summed E-state index contributed by atoms with van der Waals surface area (Å²) in [6.45, 7) is 2.01. The van der Waals surface area contributed by atoms with Crippen molar-refractivity contribution in [2.45, 2.75) is 18.8 Å². The van der Waals surface area contributed by atoms with Gasteiger partial charge in [0.1, 0.15) is 0 Å². The summed E-state index contributed by atoms with van der Waals surface area (Å²) < 4.78 is 7.35. The lowest BCUT2D eigenvalue weighted by atomic mass is 9.99. The molecule has 6 heteroatoms. The zero-order valence-corrected chi connectivity index (χ0v) is 13.4. The van der Waals surface area contributed by atoms with Crippen molar-refractivity contribution in [3.05, 3.63) is 33.0 Å². The Kier molecular flexibility index (Phi) is 4.00. The zero-order valence-electron chi connectivity index (χ0n) is 10.2. The van der Waals surface area contributed by atoms with Gasteiger partial charge in [-0.15, -0.1) is 0 Å². The quantitative estimate of drug-likeness (QED) is 0.854. The lowest BCUT2D eigenvalue weighted by Gasteiger charge is -2.19. The molecule has 1 unspecified atom stereocenters. The molecular weight excluding hydrogens is 374 g/mol. The molecule has 1 aromatic heterocycles. The Morgan fingerprint density at radius 2 is 2.00 bits per heavy atom. The van der Waals surface area contributed by atoms with Gasteiger partial charge in [0.25, 0.3) is 5.89 Å². The minimum Gasteiger partial charge on any atom is -0.334 e. The van der Waals surface area contributed by atoms with Gasteiger partial charge in [-0.25, -0.2) is 0 Å². The number of hydrogen-bond acceptors (Lipinski definition) is 4. The zero-order chi connectivity index (χ0) is 13.2. The highest BCUT2D eigenvalue weighted by Crippen LogP contribution is 2.28. The number of benzene rings is 1. The molecule has 2 aromatic rings. The standard InChI is InChI=1S/C13H13Br2N3O/c14-10-4-9(5-11(15)6-10)13-17-12(18-19-13)8-2-1-3-16-7-8/h4-6,8,16H,1-3,7H2. The number of aromatic nitrogens is 2. The van der Waals surface area contributed by atoms with E-state index < -0.39 is 0 Å². The third-order valence-electron chi connectivity index (χ3n) is 3.21. The van der Waals surface area contributed by atoms with Crippen LogP contribution in [-0.2, 0) is 0 Å². The SMILES string of the molecule is Brc1cc(Br)cc(-c2nc(C3CCCNC3)no2)c1. The van der Waals surface area contributed by atoms with Crippen molar-refractivity contribution < 1.29 is 4.52 Å². The maximum atomic E-state index is 5.38. The van der Waals surface area contributed by atoms with E-state index in [2.05, 4.69) is 47.3 Å². The second-order valence-corrected chi connectivity index (χ2v) is 6.49. The van der Waals surface area contributed by atoms with Gasteiger partial charge in [0.2, 0.25) is 0 Å². The van der Waals surface area contributed by atoms with Crippen molar-refractivity contribution in [2.75, 3.05) is 13.1 Å². The van der Waals surface area contributed by atoms with E-state index in [1.165, 1.54) is 0 Å². The van der Waals surface area contributed by atoms with E-state index in [-0.39, 0.29) is 0 Å². The van der Waals surface area contributed by atoms with E-state index in [9.17, 15) is 0 Å². The third-order valence-corrected chi connectivity index (χ3v) is 4.13. The molecule has 1 aliphatic heterocycles. The second kappa shape index (κ2) is 5.73. The number of nitrogens with one attached hydrogen (secondary N) is 1. The predicted octanol–water partition coefficient (Wildman–Crippen LogP) is 3.73. The van der Waals surface area contributed by atoms with Gasteiger partial charge < -0.3 is 9.84 Å². The molecule has 3 rings (SSSR count). The smallest absolute Gasteiger partial charge is 0.258 e. The molecule has 1 aromatic carbocycles. The van der Waals surface area contributed by atoms with Gasteiger partial charge >= 0.3 is 0 Å². The van der Waals surface area contributed by atoms with Crippen LogP contribution in [0.25, 0.3) is 11.5 Å². The van der Waals surface area contributed by atoms with Crippen LogP contribution in [0.3, 0.4) is 0 Å². The Balaban J connectivity index is 1.87. The number of nitrogens with zero attached hydrogens (tertiary/aromatic N) is 2. The van der Waals surface area contributed by atoms with Crippen molar-refractivity contribution in [1.29, 1.82) is 0 Å². The van der Waals surface area contributed by atoms with Gasteiger partial charge in [-0.1, -0.05) is 37.0 Å². The van der Waals surface area contributed by atoms with E-state index >= 15 is 0 Å². The first kappa shape index (κ1) is 13.3. The van der Waals surface area contributed by atoms with Crippen LogP contribution in [0.5, 0.6) is 0 Å². The van der Waals surface area contributed by atoms with Crippen LogP contribution in [0.4, 0.5) is 0 Å². The highest BCUT2D eigenvalue weighted by molar-refractivity contribution is 9.11. The lowest BCUT2D eigenvalue weighted by molar-refractivity contribution is 0.393. The minimum atomic E-state index is 0.363. The lowest BCUT2D eigenvalue weighted by Crippen LogP contribution is -2.28. The Labute approximate surface area is 128 Å². The maximum Gasteiger partial charge on any atom is 0.258 e. The van der Waals surface area contributed by atoms with Crippen LogP contribution in [-0.4, -0.2) is 23.2 Å². The average molecular weight is 387 g/mol. The Bertz CT molecular complexity index is 559. The summed E-state index contributed by atoms with van der Waals surface area (Å²) in [4.78, 5) is 4.53. The van der Waals surface area contributed by atoms with Crippen LogP contribution in [0.15, 0.2) is 31.7 Å². The number of rotatable bonds is 2. The van der Waals surface area contributed by atoms with Crippen molar-refractivity contribution in [1.82, 2.24) is 15.5 Å². The molecule has 1 aliphatic rings. The van der Waals surface area contributed by atoms with Crippen molar-refractivity contribution in [3.8, 4) is 11.5 Å². The summed E-state index contributed by atoms with van der Waals surface area (Å²) in [5.41, 5.74) is 0.920. The van der Waals surface area contributed by atoms with Crippen LogP contribution in [0, 0.1) is 0 Å². The first-order valence-corrected chi connectivity index (χ1v) is 7.82. The molecule has 100 valence electrons. The molecule has 1 saturated heterocycles. The molecule has 0 spiro atoms. The van der Waals surface area contributed by atoms with Crippen LogP contribution >= 0.6 is 31.9 Å². The Hall–Kier alpha value is -0.720. The largest absolute Gasteiger partial charge is 0.334 e. The van der Waals surface area contributed by atoms with E-state index in [4.69, 9.17) is 4.52 Å². The molecule has 0 radical (unpaired) electrons. The predicted molar refractivity (Wildman–Crippen MR) is 80.0 cm³/mol. The molecule has 0 aliphatic carbocycles. The normalized spacial score (nSPS) is 19.6. The van der Waals surface area contributed by atoms with Gasteiger partial charge in [0.15, 0.2) is 5.82 Å². The fourth-order valence-corrected chi connectivity index (χ4v) is 3.56. The van der Waals surface area contributed by atoms with Gasteiger partial charge in [0.05, 0.1) is 0 Å². The van der Waals surface area contributed by atoms with Crippen LogP contribution in [0.1, 0.15) is 24.6 Å². The van der Waals surface area contributed by atoms with Crippen molar-refractivity contribution in [3.63, 3.8) is 0 Å². The molecule has 0 saturated carbocycles. The van der Waals surface area contributed by atoms with Crippen molar-refractivity contribution in [2.24, 2.45) is 0 Å². The highest BCUT2D eigenvalue weighted by atomic mass is 79.9. The Morgan fingerprint density at radius 3 is 2.68 bits per heavy atom. The summed E-state index contributed by atoms with van der Waals surface area (Å²) in [5.74, 6) is 1.74. The molecular formula is C13H13Br2N3O. The third kappa shape index (κ3) is 3.07. The van der Waals surface area contributed by atoms with E-state index in [0.717, 1.165) is 46.3 Å². The second-order valence-electron chi connectivity index (χ2n) is 4.66. The maximum absolute atomic E-state index is 5.38. The molecule has 1 atom stereocenters. The van der Waals surface area contributed by atoms with Gasteiger partial charge in [-0.3, -0.25) is 0 Å². The van der Waals surface area contributed by atoms with E-state index in [1.54, 1.807) is 0 Å². The summed E-state index contributed by atoms with van der Waals surface area (Å²) >= 11 is 6.93. The molecule has 2 heterocycles. The van der Waals surface area contributed by atoms with E-state index in [0.29, 0.717) is 11.8 Å². The first-order chi connectivity index (χ1) is 9.22. The van der Waals surface area contributed by atoms with Gasteiger partial charge in [-0.2, -0.15) is 4.98 Å². The molecule has 0 bridgehead atoms. The van der Waals surface area contributed by atoms with Crippen molar-refractivity contribution >= 4 is 31.9 Å². The van der Waals surface area contributed by atoms with Crippen LogP contribution < -0.4 is 5.32 Å². The molecule has 1 fully saturated rings. The topological polar surface area (TPSA) is 51.0 Å². The number of halogens is 2. The van der Waals surface area contributed by atoms with E-state index in [1.807, 2.05) is 18.2 Å². The fraction of sp³-hybridized carbons (Fsp3) is 0.385. The first-order valence-electron chi connectivity index (χ1n) is 6.23. The number of hydrogen-bond donors (Lipinski definition) is 1. The van der Waals surface area contributed by atoms with Crippen LogP contribution in [0.2, 0.25) is 0 Å². The Morgan fingerprint density at radius 1 is 1.21 bits per heavy atom. The molecule has 19 heavy (non-hydrogen) atoms. The molecule has 1 N–H and O–H groups in total. The highest BCUT2D eigenvalue weighted by Gasteiger charge is 2.21.